The first-order valence-corrected chi connectivity index (χ1v) is 7.24. The molecule has 0 aliphatic heterocycles. The standard InChI is InChI=1S/C16H17BrFNO/c1-11(19-2)14-8-7-13(9-16(14)18)20-10-12-5-3-4-6-15(12)17/h3-9,11,19H,10H2,1-2H3. The minimum Gasteiger partial charge on any atom is -0.489 e. The maximum Gasteiger partial charge on any atom is 0.131 e. The number of ether oxygens (including phenoxy) is 1. The lowest BCUT2D eigenvalue weighted by atomic mass is 10.1. The summed E-state index contributed by atoms with van der Waals surface area (Å²) in [5, 5.41) is 3.02. The third kappa shape index (κ3) is 3.58. The van der Waals surface area contributed by atoms with Crippen molar-refractivity contribution in [3.8, 4) is 5.75 Å². The van der Waals surface area contributed by atoms with Crippen LogP contribution in [0.5, 0.6) is 5.75 Å². The van der Waals surface area contributed by atoms with E-state index in [2.05, 4.69) is 21.2 Å². The first-order valence-electron chi connectivity index (χ1n) is 6.44. The Labute approximate surface area is 127 Å². The number of benzene rings is 2. The van der Waals surface area contributed by atoms with E-state index in [1.807, 2.05) is 31.2 Å². The fourth-order valence-corrected chi connectivity index (χ4v) is 2.28. The van der Waals surface area contributed by atoms with Crippen molar-refractivity contribution in [3.05, 3.63) is 63.9 Å². The largest absolute Gasteiger partial charge is 0.489 e. The number of hydrogen-bond acceptors (Lipinski definition) is 2. The van der Waals surface area contributed by atoms with E-state index in [0.717, 1.165) is 10.0 Å². The second-order valence-electron chi connectivity index (χ2n) is 4.57. The first-order chi connectivity index (χ1) is 9.61. The van der Waals surface area contributed by atoms with Crippen molar-refractivity contribution in [2.24, 2.45) is 0 Å². The number of halogens is 2. The monoisotopic (exact) mass is 337 g/mol. The third-order valence-electron chi connectivity index (χ3n) is 3.22. The molecule has 0 heterocycles. The van der Waals surface area contributed by atoms with Gasteiger partial charge in [-0.25, -0.2) is 4.39 Å². The highest BCUT2D eigenvalue weighted by molar-refractivity contribution is 9.10. The summed E-state index contributed by atoms with van der Waals surface area (Å²) in [7, 11) is 1.81. The molecule has 2 rings (SSSR count). The predicted molar refractivity (Wildman–Crippen MR) is 82.3 cm³/mol. The van der Waals surface area contributed by atoms with E-state index in [-0.39, 0.29) is 11.9 Å². The smallest absolute Gasteiger partial charge is 0.131 e. The molecule has 20 heavy (non-hydrogen) atoms. The molecule has 0 saturated carbocycles. The van der Waals surface area contributed by atoms with Crippen molar-refractivity contribution in [2.75, 3.05) is 7.05 Å². The van der Waals surface area contributed by atoms with E-state index in [0.29, 0.717) is 17.9 Å². The van der Waals surface area contributed by atoms with Crippen LogP contribution in [0.2, 0.25) is 0 Å². The Balaban J connectivity index is 2.08. The Kier molecular flexibility index (Phi) is 5.15. The Bertz CT molecular complexity index is 588. The summed E-state index contributed by atoms with van der Waals surface area (Å²) in [5.74, 6) is 0.279. The lowest BCUT2D eigenvalue weighted by Gasteiger charge is -2.13. The van der Waals surface area contributed by atoms with Gasteiger partial charge in [0.15, 0.2) is 0 Å². The maximum atomic E-state index is 14.0. The van der Waals surface area contributed by atoms with E-state index >= 15 is 0 Å². The molecule has 106 valence electrons. The van der Waals surface area contributed by atoms with Gasteiger partial charge in [-0.2, -0.15) is 0 Å². The highest BCUT2D eigenvalue weighted by atomic mass is 79.9. The van der Waals surface area contributed by atoms with Crippen LogP contribution < -0.4 is 10.1 Å². The molecule has 4 heteroatoms. The van der Waals surface area contributed by atoms with Gasteiger partial charge >= 0.3 is 0 Å². The topological polar surface area (TPSA) is 21.3 Å². The Hall–Kier alpha value is -1.39. The van der Waals surface area contributed by atoms with Crippen LogP contribution in [0.3, 0.4) is 0 Å². The summed E-state index contributed by atoms with van der Waals surface area (Å²) >= 11 is 3.46. The van der Waals surface area contributed by atoms with Gasteiger partial charge in [0, 0.05) is 27.7 Å². The van der Waals surface area contributed by atoms with Gasteiger partial charge in [0.05, 0.1) is 0 Å². The molecule has 0 radical (unpaired) electrons. The summed E-state index contributed by atoms with van der Waals surface area (Å²) in [4.78, 5) is 0. The van der Waals surface area contributed by atoms with Gasteiger partial charge in [-0.15, -0.1) is 0 Å². The molecule has 0 bridgehead atoms. The lowest BCUT2D eigenvalue weighted by molar-refractivity contribution is 0.303. The molecule has 2 aromatic rings. The van der Waals surface area contributed by atoms with Crippen molar-refractivity contribution in [1.29, 1.82) is 0 Å². The van der Waals surface area contributed by atoms with Crippen LogP contribution in [0.15, 0.2) is 46.9 Å². The van der Waals surface area contributed by atoms with E-state index in [4.69, 9.17) is 4.74 Å². The maximum absolute atomic E-state index is 14.0. The molecule has 0 aliphatic carbocycles. The van der Waals surface area contributed by atoms with Crippen molar-refractivity contribution >= 4 is 15.9 Å². The molecule has 1 unspecified atom stereocenters. The van der Waals surface area contributed by atoms with Gasteiger partial charge in [0.2, 0.25) is 0 Å². The molecule has 0 amide bonds. The van der Waals surface area contributed by atoms with Gasteiger partial charge in [-0.1, -0.05) is 40.2 Å². The van der Waals surface area contributed by atoms with Gasteiger partial charge in [-0.05, 0) is 26.1 Å². The highest BCUT2D eigenvalue weighted by Gasteiger charge is 2.10. The summed E-state index contributed by atoms with van der Waals surface area (Å²) in [5.41, 5.74) is 1.67. The summed E-state index contributed by atoms with van der Waals surface area (Å²) in [6, 6.07) is 12.8. The number of hydrogen-bond donors (Lipinski definition) is 1. The lowest BCUT2D eigenvalue weighted by Crippen LogP contribution is -2.13. The summed E-state index contributed by atoms with van der Waals surface area (Å²) < 4.78 is 20.6. The van der Waals surface area contributed by atoms with Crippen LogP contribution in [0.25, 0.3) is 0 Å². The average Bonchev–Trinajstić information content (AvgIpc) is 2.46. The zero-order valence-corrected chi connectivity index (χ0v) is 13.1. The summed E-state index contributed by atoms with van der Waals surface area (Å²) in [6.45, 7) is 2.32. The van der Waals surface area contributed by atoms with E-state index in [9.17, 15) is 4.39 Å². The van der Waals surface area contributed by atoms with Gasteiger partial charge in [0.25, 0.3) is 0 Å². The van der Waals surface area contributed by atoms with Gasteiger partial charge in [0.1, 0.15) is 18.2 Å². The van der Waals surface area contributed by atoms with Crippen molar-refractivity contribution in [2.45, 2.75) is 19.6 Å². The zero-order chi connectivity index (χ0) is 14.5. The van der Waals surface area contributed by atoms with Crippen LogP contribution in [-0.2, 0) is 6.61 Å². The molecule has 0 saturated heterocycles. The highest BCUT2D eigenvalue weighted by Crippen LogP contribution is 2.23. The Morgan fingerprint density at radius 3 is 2.65 bits per heavy atom. The van der Waals surface area contributed by atoms with Crippen molar-refractivity contribution < 1.29 is 9.13 Å². The summed E-state index contributed by atoms with van der Waals surface area (Å²) in [6.07, 6.45) is 0. The van der Waals surface area contributed by atoms with Crippen LogP contribution >= 0.6 is 15.9 Å². The Morgan fingerprint density at radius 1 is 1.25 bits per heavy atom. The number of nitrogens with one attached hydrogen (secondary N) is 1. The molecule has 1 N–H and O–H groups in total. The minimum absolute atomic E-state index is 0.0210. The second kappa shape index (κ2) is 6.86. The van der Waals surface area contributed by atoms with Gasteiger partial charge < -0.3 is 10.1 Å². The minimum atomic E-state index is -0.253. The number of rotatable bonds is 5. The normalized spacial score (nSPS) is 12.2. The van der Waals surface area contributed by atoms with Gasteiger partial charge in [-0.3, -0.25) is 0 Å². The average molecular weight is 338 g/mol. The molecular weight excluding hydrogens is 321 g/mol. The molecule has 2 nitrogen and oxygen atoms in total. The van der Waals surface area contributed by atoms with Crippen LogP contribution in [0.1, 0.15) is 24.1 Å². The molecule has 1 atom stereocenters. The molecule has 0 aromatic heterocycles. The van der Waals surface area contributed by atoms with Crippen molar-refractivity contribution in [1.82, 2.24) is 5.32 Å². The fraction of sp³-hybridized carbons (Fsp3) is 0.250. The molecular formula is C16H17BrFNO. The SMILES string of the molecule is CNC(C)c1ccc(OCc2ccccc2Br)cc1F. The van der Waals surface area contributed by atoms with Crippen molar-refractivity contribution in [3.63, 3.8) is 0 Å². The zero-order valence-electron chi connectivity index (χ0n) is 11.5. The van der Waals surface area contributed by atoms with Crippen LogP contribution in [0, 0.1) is 5.82 Å². The quantitative estimate of drug-likeness (QED) is 0.870. The molecule has 0 fully saturated rings. The van der Waals surface area contributed by atoms with E-state index < -0.39 is 0 Å². The fourth-order valence-electron chi connectivity index (χ4n) is 1.88. The molecule has 0 spiro atoms. The van der Waals surface area contributed by atoms with Crippen LogP contribution in [0.4, 0.5) is 4.39 Å². The van der Waals surface area contributed by atoms with Crippen LogP contribution in [-0.4, -0.2) is 7.05 Å². The van der Waals surface area contributed by atoms with E-state index in [1.165, 1.54) is 6.07 Å². The molecule has 2 aromatic carbocycles. The van der Waals surface area contributed by atoms with E-state index in [1.54, 1.807) is 19.2 Å². The Morgan fingerprint density at radius 2 is 2.00 bits per heavy atom. The molecule has 0 aliphatic rings. The second-order valence-corrected chi connectivity index (χ2v) is 5.43. The first kappa shape index (κ1) is 15.0. The third-order valence-corrected chi connectivity index (χ3v) is 4.00. The predicted octanol–water partition coefficient (Wildman–Crippen LogP) is 4.45.